The summed E-state index contributed by atoms with van der Waals surface area (Å²) in [4.78, 5) is 24.1. The van der Waals surface area contributed by atoms with Crippen molar-refractivity contribution < 1.29 is 14.7 Å². The fraction of sp³-hybridized carbons (Fsp3) is 0.286. The summed E-state index contributed by atoms with van der Waals surface area (Å²) in [7, 11) is 0. The van der Waals surface area contributed by atoms with Gasteiger partial charge in [0.15, 0.2) is 0 Å². The van der Waals surface area contributed by atoms with Crippen molar-refractivity contribution in [1.29, 1.82) is 0 Å². The molecule has 0 bridgehead atoms. The molecule has 5 heteroatoms. The van der Waals surface area contributed by atoms with E-state index in [0.29, 0.717) is 5.56 Å². The van der Waals surface area contributed by atoms with E-state index in [1.807, 2.05) is 6.07 Å². The van der Waals surface area contributed by atoms with E-state index in [9.17, 15) is 9.59 Å². The Labute approximate surface area is 111 Å². The van der Waals surface area contributed by atoms with Gasteiger partial charge in [0.25, 0.3) is 5.91 Å². The van der Waals surface area contributed by atoms with E-state index in [1.54, 1.807) is 12.1 Å². The number of nitrogens with one attached hydrogen (secondary N) is 1. The number of carboxylic acids is 1. The molecule has 0 unspecified atom stereocenters. The predicted octanol–water partition coefficient (Wildman–Crippen LogP) is 0.450. The highest BCUT2D eigenvalue weighted by molar-refractivity contribution is 5.96. The third-order valence-corrected chi connectivity index (χ3v) is 2.98. The van der Waals surface area contributed by atoms with Gasteiger partial charge in [0.1, 0.15) is 6.54 Å². The van der Waals surface area contributed by atoms with E-state index in [0.717, 1.165) is 23.6 Å². The number of rotatable bonds is 4. The molecule has 1 aromatic carbocycles. The van der Waals surface area contributed by atoms with Crippen LogP contribution in [0.15, 0.2) is 18.2 Å². The van der Waals surface area contributed by atoms with Gasteiger partial charge in [-0.1, -0.05) is 12.0 Å². The van der Waals surface area contributed by atoms with Gasteiger partial charge in [-0.25, -0.2) is 0 Å². The van der Waals surface area contributed by atoms with E-state index in [4.69, 9.17) is 11.5 Å². The summed E-state index contributed by atoms with van der Waals surface area (Å²) in [6.45, 7) is 1.12. The first-order valence-corrected chi connectivity index (χ1v) is 5.89. The average molecular weight is 258 g/mol. The summed E-state index contributed by atoms with van der Waals surface area (Å²) in [5.74, 6) is 0.876. The minimum Gasteiger partial charge on any atom is -0.480 e. The first kappa shape index (κ1) is 13.1. The molecule has 0 radical (unpaired) electrons. The zero-order valence-corrected chi connectivity index (χ0v) is 10.3. The number of aliphatic carboxylic acids is 1. The standard InChI is InChI=1S/C14H14N2O3/c1-2-5-16(9-13(17)18)14(19)10-3-4-11-7-15-8-12(11)6-10/h1,3-4,6,15H,5,7-9H2,(H,17,18). The second kappa shape index (κ2) is 5.55. The van der Waals surface area contributed by atoms with Crippen LogP contribution in [0.2, 0.25) is 0 Å². The number of carbonyl (C=O) groups excluding carboxylic acids is 1. The first-order chi connectivity index (χ1) is 9.11. The maximum Gasteiger partial charge on any atom is 0.323 e. The van der Waals surface area contributed by atoms with Gasteiger partial charge >= 0.3 is 5.97 Å². The lowest BCUT2D eigenvalue weighted by Gasteiger charge is -2.18. The molecular formula is C14H14N2O3. The molecule has 2 N–H and O–H groups in total. The van der Waals surface area contributed by atoms with Gasteiger partial charge in [-0.15, -0.1) is 6.42 Å². The number of terminal acetylenes is 1. The van der Waals surface area contributed by atoms with Gasteiger partial charge in [0.2, 0.25) is 0 Å². The van der Waals surface area contributed by atoms with Crippen LogP contribution in [0.25, 0.3) is 0 Å². The number of hydrogen-bond donors (Lipinski definition) is 2. The number of nitrogens with zero attached hydrogens (tertiary/aromatic N) is 1. The van der Waals surface area contributed by atoms with Crippen LogP contribution in [0.3, 0.4) is 0 Å². The number of benzene rings is 1. The quantitative estimate of drug-likeness (QED) is 0.769. The second-order valence-corrected chi connectivity index (χ2v) is 4.35. The Bertz CT molecular complexity index is 560. The fourth-order valence-corrected chi connectivity index (χ4v) is 2.08. The smallest absolute Gasteiger partial charge is 0.323 e. The Balaban J connectivity index is 2.21. The molecule has 1 aliphatic rings. The van der Waals surface area contributed by atoms with Crippen molar-refractivity contribution in [3.8, 4) is 12.3 Å². The second-order valence-electron chi connectivity index (χ2n) is 4.35. The lowest BCUT2D eigenvalue weighted by molar-refractivity contribution is -0.137. The van der Waals surface area contributed by atoms with Gasteiger partial charge in [0.05, 0.1) is 6.54 Å². The van der Waals surface area contributed by atoms with Crippen LogP contribution in [0.4, 0.5) is 0 Å². The van der Waals surface area contributed by atoms with Crippen molar-refractivity contribution in [1.82, 2.24) is 10.2 Å². The molecule has 1 heterocycles. The van der Waals surface area contributed by atoms with E-state index in [-0.39, 0.29) is 12.5 Å². The van der Waals surface area contributed by atoms with Crippen LogP contribution in [-0.4, -0.2) is 35.0 Å². The lowest BCUT2D eigenvalue weighted by atomic mass is 10.1. The summed E-state index contributed by atoms with van der Waals surface area (Å²) in [6, 6.07) is 5.39. The van der Waals surface area contributed by atoms with Crippen LogP contribution in [0, 0.1) is 12.3 Å². The number of carbonyl (C=O) groups is 2. The van der Waals surface area contributed by atoms with Crippen molar-refractivity contribution in [2.24, 2.45) is 0 Å². The minimum absolute atomic E-state index is 0.0134. The van der Waals surface area contributed by atoms with Gasteiger partial charge in [0, 0.05) is 18.7 Å². The molecule has 2 rings (SSSR count). The molecule has 0 saturated heterocycles. The van der Waals surface area contributed by atoms with Crippen molar-refractivity contribution in [3.63, 3.8) is 0 Å². The van der Waals surface area contributed by atoms with Crippen LogP contribution in [0.1, 0.15) is 21.5 Å². The molecule has 0 fully saturated rings. The zero-order valence-electron chi connectivity index (χ0n) is 10.3. The van der Waals surface area contributed by atoms with Crippen molar-refractivity contribution in [2.75, 3.05) is 13.1 Å². The van der Waals surface area contributed by atoms with Gasteiger partial charge in [-0.05, 0) is 23.3 Å². The predicted molar refractivity (Wildman–Crippen MR) is 69.4 cm³/mol. The fourth-order valence-electron chi connectivity index (χ4n) is 2.08. The zero-order chi connectivity index (χ0) is 13.8. The Kier molecular flexibility index (Phi) is 3.83. The largest absolute Gasteiger partial charge is 0.480 e. The average Bonchev–Trinajstić information content (AvgIpc) is 2.84. The third kappa shape index (κ3) is 2.92. The molecule has 0 saturated carbocycles. The van der Waals surface area contributed by atoms with Gasteiger partial charge in [-0.2, -0.15) is 0 Å². The highest BCUT2D eigenvalue weighted by atomic mass is 16.4. The van der Waals surface area contributed by atoms with E-state index in [2.05, 4.69) is 11.2 Å². The molecule has 98 valence electrons. The minimum atomic E-state index is -1.08. The van der Waals surface area contributed by atoms with Crippen molar-refractivity contribution in [3.05, 3.63) is 34.9 Å². The Morgan fingerprint density at radius 3 is 2.79 bits per heavy atom. The monoisotopic (exact) mass is 258 g/mol. The number of fused-ring (bicyclic) bond motifs is 1. The first-order valence-electron chi connectivity index (χ1n) is 5.89. The van der Waals surface area contributed by atoms with E-state index >= 15 is 0 Å². The summed E-state index contributed by atoms with van der Waals surface area (Å²) in [6.07, 6.45) is 5.16. The Morgan fingerprint density at radius 1 is 1.37 bits per heavy atom. The Morgan fingerprint density at radius 2 is 2.11 bits per heavy atom. The van der Waals surface area contributed by atoms with Gasteiger partial charge in [-0.3, -0.25) is 9.59 Å². The molecule has 0 spiro atoms. The molecule has 0 aliphatic carbocycles. The number of carboxylic acid groups (broad SMARTS) is 1. The SMILES string of the molecule is C#CCN(CC(=O)O)C(=O)c1ccc2c(c1)CNC2. The molecule has 1 amide bonds. The van der Waals surface area contributed by atoms with Gasteiger partial charge < -0.3 is 15.3 Å². The maximum atomic E-state index is 12.2. The highest BCUT2D eigenvalue weighted by Crippen LogP contribution is 2.18. The number of hydrogen-bond acceptors (Lipinski definition) is 3. The van der Waals surface area contributed by atoms with Crippen LogP contribution < -0.4 is 5.32 Å². The van der Waals surface area contributed by atoms with Crippen LogP contribution in [-0.2, 0) is 17.9 Å². The summed E-state index contributed by atoms with van der Waals surface area (Å²) >= 11 is 0. The molecule has 1 aliphatic heterocycles. The summed E-state index contributed by atoms with van der Waals surface area (Å²) in [5, 5.41) is 12.0. The molecule has 1 aromatic rings. The summed E-state index contributed by atoms with van der Waals surface area (Å²) < 4.78 is 0. The lowest BCUT2D eigenvalue weighted by Crippen LogP contribution is -2.36. The normalized spacial score (nSPS) is 12.6. The van der Waals surface area contributed by atoms with E-state index in [1.165, 1.54) is 5.56 Å². The molecule has 0 aromatic heterocycles. The Hall–Kier alpha value is -2.32. The maximum absolute atomic E-state index is 12.2. The van der Waals surface area contributed by atoms with Crippen LogP contribution >= 0.6 is 0 Å². The molecule has 0 atom stereocenters. The van der Waals surface area contributed by atoms with Crippen LogP contribution in [0.5, 0.6) is 0 Å². The van der Waals surface area contributed by atoms with E-state index < -0.39 is 12.5 Å². The number of amides is 1. The topological polar surface area (TPSA) is 69.6 Å². The summed E-state index contributed by atoms with van der Waals surface area (Å²) in [5.41, 5.74) is 2.71. The molecule has 5 nitrogen and oxygen atoms in total. The molecule has 19 heavy (non-hydrogen) atoms. The highest BCUT2D eigenvalue weighted by Gasteiger charge is 2.19. The third-order valence-electron chi connectivity index (χ3n) is 2.98. The van der Waals surface area contributed by atoms with Crippen molar-refractivity contribution >= 4 is 11.9 Å². The van der Waals surface area contributed by atoms with Crippen molar-refractivity contribution in [2.45, 2.75) is 13.1 Å². The molecular weight excluding hydrogens is 244 g/mol.